The van der Waals surface area contributed by atoms with E-state index in [1.54, 1.807) is 4.67 Å². The Hall–Kier alpha value is -0.480. The van der Waals surface area contributed by atoms with Crippen molar-refractivity contribution in [2.45, 2.75) is 64.6 Å². The molecule has 0 spiro atoms. The van der Waals surface area contributed by atoms with Gasteiger partial charge in [-0.2, -0.15) is 5.26 Å². The second-order valence-electron chi connectivity index (χ2n) is 5.37. The maximum absolute atomic E-state index is 12.4. The predicted molar refractivity (Wildman–Crippen MR) is 81.8 cm³/mol. The van der Waals surface area contributed by atoms with Crippen LogP contribution in [0, 0.1) is 11.3 Å². The lowest BCUT2D eigenvalue weighted by atomic mass is 10.3. The van der Waals surface area contributed by atoms with Crippen molar-refractivity contribution in [2.75, 3.05) is 13.2 Å². The van der Waals surface area contributed by atoms with Gasteiger partial charge in [-0.1, -0.05) is 0 Å². The smallest absolute Gasteiger partial charge is 0.166 e. The van der Waals surface area contributed by atoms with Crippen LogP contribution in [0.3, 0.4) is 0 Å². The van der Waals surface area contributed by atoms with E-state index in [-0.39, 0.29) is 38.1 Å². The van der Waals surface area contributed by atoms with E-state index in [1.165, 1.54) is 0 Å². The van der Waals surface area contributed by atoms with Gasteiger partial charge in [-0.15, -0.1) is 0 Å². The van der Waals surface area contributed by atoms with Crippen LogP contribution < -0.4 is 5.73 Å². The molecule has 0 saturated carbocycles. The minimum Gasteiger partial charge on any atom is -0.384 e. The Morgan fingerprint density at radius 2 is 1.90 bits per heavy atom. The minimum atomic E-state index is -2.35. The topological polar surface area (TPSA) is 109 Å². The van der Waals surface area contributed by atoms with Crippen LogP contribution in [-0.4, -0.2) is 47.0 Å². The summed E-state index contributed by atoms with van der Waals surface area (Å²) < 4.78 is 14.2. The summed E-state index contributed by atoms with van der Waals surface area (Å²) in [7, 11) is -2.35. The first kappa shape index (κ1) is 20.5. The van der Waals surface area contributed by atoms with E-state index < -0.39 is 19.9 Å². The predicted octanol–water partition coefficient (Wildman–Crippen LogP) is 1.48. The average molecular weight is 321 g/mol. The molecular weight excluding hydrogens is 293 g/mol. The van der Waals surface area contributed by atoms with Gasteiger partial charge < -0.3 is 15.4 Å². The summed E-state index contributed by atoms with van der Waals surface area (Å²) in [6.45, 7) is 8.05. The highest BCUT2D eigenvalue weighted by Crippen LogP contribution is 2.38. The molecule has 0 aromatic carbocycles. The zero-order chi connectivity index (χ0) is 16.4. The number of aliphatic hydroxyl groups excluding tert-OH is 1. The van der Waals surface area contributed by atoms with E-state index in [9.17, 15) is 9.67 Å². The number of rotatable bonds is 11. The summed E-state index contributed by atoms with van der Waals surface area (Å²) in [5.41, 5.74) is 5.55. The van der Waals surface area contributed by atoms with Gasteiger partial charge in [0.2, 0.25) is 0 Å². The fourth-order valence-electron chi connectivity index (χ4n) is 2.03. The van der Waals surface area contributed by atoms with Crippen LogP contribution in [0.15, 0.2) is 0 Å². The van der Waals surface area contributed by atoms with Gasteiger partial charge in [0.15, 0.2) is 7.95 Å². The lowest BCUT2D eigenvalue weighted by Crippen LogP contribution is -2.35. The van der Waals surface area contributed by atoms with Crippen LogP contribution in [-0.2, 0) is 14.3 Å². The normalized spacial score (nSPS) is 16.2. The monoisotopic (exact) mass is 321 g/mol. The molecule has 124 valence electrons. The van der Waals surface area contributed by atoms with Crippen molar-refractivity contribution in [1.82, 2.24) is 4.67 Å². The standard InChI is InChI=1S/C13H28N3O4P/c1-10(2)16(11(3)4)21(18)13(17)8-12(9-15)20-19-7-5-6-14/h10-13,17,21H,5,7-9,15H2,1-4H3/t12?,13-/m1/s1. The van der Waals surface area contributed by atoms with Crippen LogP contribution in [0.5, 0.6) is 0 Å². The molecule has 2 unspecified atom stereocenters. The Balaban J connectivity index is 4.44. The first-order valence-corrected chi connectivity index (χ1v) is 8.63. The summed E-state index contributed by atoms with van der Waals surface area (Å²) in [5.74, 6) is -1.01. The van der Waals surface area contributed by atoms with Crippen molar-refractivity contribution >= 4 is 7.95 Å². The van der Waals surface area contributed by atoms with Crippen LogP contribution in [0.1, 0.15) is 40.5 Å². The van der Waals surface area contributed by atoms with Gasteiger partial charge in [0, 0.05) is 25.0 Å². The van der Waals surface area contributed by atoms with Gasteiger partial charge in [0.25, 0.3) is 0 Å². The van der Waals surface area contributed by atoms with Crippen LogP contribution >= 0.6 is 7.95 Å². The Labute approximate surface area is 127 Å². The fourth-order valence-corrected chi connectivity index (χ4v) is 3.86. The van der Waals surface area contributed by atoms with Crippen LogP contribution in [0.25, 0.3) is 0 Å². The molecule has 0 fully saturated rings. The van der Waals surface area contributed by atoms with E-state index in [1.807, 2.05) is 33.8 Å². The molecule has 0 rings (SSSR count). The Morgan fingerprint density at radius 1 is 1.33 bits per heavy atom. The molecule has 0 bridgehead atoms. The highest BCUT2D eigenvalue weighted by Gasteiger charge is 2.28. The first-order valence-electron chi connectivity index (χ1n) is 7.20. The van der Waals surface area contributed by atoms with E-state index in [4.69, 9.17) is 20.8 Å². The zero-order valence-corrected chi connectivity index (χ0v) is 14.3. The summed E-state index contributed by atoms with van der Waals surface area (Å²) in [6.07, 6.45) is -0.198. The SMILES string of the molecule is CC(C)N(C(C)C)[PH](=O)[C@@H](O)CC(CN)OOCCC#N. The number of aliphatic hydroxyl groups is 1. The molecule has 0 aromatic heterocycles. The van der Waals surface area contributed by atoms with Crippen LogP contribution in [0.4, 0.5) is 0 Å². The van der Waals surface area contributed by atoms with Crippen molar-refractivity contribution in [2.24, 2.45) is 5.73 Å². The molecule has 8 heteroatoms. The highest BCUT2D eigenvalue weighted by molar-refractivity contribution is 7.42. The first-order chi connectivity index (χ1) is 9.84. The quantitative estimate of drug-likeness (QED) is 0.257. The molecule has 0 aliphatic carbocycles. The molecule has 0 heterocycles. The molecule has 0 amide bonds. The molecule has 3 N–H and O–H groups in total. The lowest BCUT2D eigenvalue weighted by Gasteiger charge is -2.32. The molecule has 0 aliphatic heterocycles. The van der Waals surface area contributed by atoms with E-state index in [0.29, 0.717) is 0 Å². The van der Waals surface area contributed by atoms with Gasteiger partial charge in [-0.25, -0.2) is 14.4 Å². The second kappa shape index (κ2) is 11.1. The molecule has 7 nitrogen and oxygen atoms in total. The average Bonchev–Trinajstić information content (AvgIpc) is 2.41. The van der Waals surface area contributed by atoms with Crippen molar-refractivity contribution < 1.29 is 19.4 Å². The van der Waals surface area contributed by atoms with Gasteiger partial charge in [-0.05, 0) is 27.7 Å². The minimum absolute atomic E-state index is 0.0789. The van der Waals surface area contributed by atoms with Gasteiger partial charge in [-0.3, -0.25) is 0 Å². The van der Waals surface area contributed by atoms with E-state index in [0.717, 1.165) is 0 Å². The molecule has 0 radical (unpaired) electrons. The summed E-state index contributed by atoms with van der Waals surface area (Å²) in [6, 6.07) is 2.08. The third-order valence-electron chi connectivity index (χ3n) is 2.90. The molecule has 0 saturated heterocycles. The molecule has 0 aliphatic rings. The number of hydrogen-bond donors (Lipinski definition) is 2. The number of hydrogen-bond acceptors (Lipinski definition) is 6. The Bertz CT molecular complexity index is 339. The largest absolute Gasteiger partial charge is 0.384 e. The van der Waals surface area contributed by atoms with Crippen molar-refractivity contribution in [1.29, 1.82) is 5.26 Å². The molecule has 3 atom stereocenters. The Kier molecular flexibility index (Phi) is 10.9. The van der Waals surface area contributed by atoms with Gasteiger partial charge in [0.05, 0.1) is 19.1 Å². The summed E-state index contributed by atoms with van der Waals surface area (Å²) in [5, 5.41) is 18.5. The third-order valence-corrected chi connectivity index (χ3v) is 5.25. The summed E-state index contributed by atoms with van der Waals surface area (Å²) >= 11 is 0. The van der Waals surface area contributed by atoms with Gasteiger partial charge in [0.1, 0.15) is 11.9 Å². The number of nitrogens with two attached hydrogens (primary N) is 1. The maximum atomic E-state index is 12.4. The van der Waals surface area contributed by atoms with E-state index in [2.05, 4.69) is 0 Å². The second-order valence-corrected chi connectivity index (χ2v) is 7.23. The van der Waals surface area contributed by atoms with Crippen molar-refractivity contribution in [3.05, 3.63) is 0 Å². The molecule has 0 aromatic rings. The highest BCUT2D eigenvalue weighted by atomic mass is 31.1. The van der Waals surface area contributed by atoms with E-state index >= 15 is 0 Å². The summed E-state index contributed by atoms with van der Waals surface area (Å²) in [4.78, 5) is 9.88. The van der Waals surface area contributed by atoms with Gasteiger partial charge >= 0.3 is 0 Å². The Morgan fingerprint density at radius 3 is 2.33 bits per heavy atom. The van der Waals surface area contributed by atoms with Crippen LogP contribution in [0.2, 0.25) is 0 Å². The van der Waals surface area contributed by atoms with Crippen molar-refractivity contribution in [3.63, 3.8) is 0 Å². The zero-order valence-electron chi connectivity index (χ0n) is 13.3. The fraction of sp³-hybridized carbons (Fsp3) is 0.923. The number of nitriles is 1. The molecule has 21 heavy (non-hydrogen) atoms. The molecular formula is C13H28N3O4P. The lowest BCUT2D eigenvalue weighted by molar-refractivity contribution is -0.323. The third kappa shape index (κ3) is 7.91. The number of nitrogens with zero attached hydrogens (tertiary/aromatic N) is 2. The maximum Gasteiger partial charge on any atom is 0.166 e. The van der Waals surface area contributed by atoms with Crippen molar-refractivity contribution in [3.8, 4) is 6.07 Å².